The minimum absolute atomic E-state index is 0.0496. The van der Waals surface area contributed by atoms with E-state index in [0.29, 0.717) is 25.0 Å². The topological polar surface area (TPSA) is 60.4 Å². The summed E-state index contributed by atoms with van der Waals surface area (Å²) >= 11 is 0. The van der Waals surface area contributed by atoms with Crippen molar-refractivity contribution in [2.24, 2.45) is 35.0 Å². The van der Waals surface area contributed by atoms with Gasteiger partial charge in [0.05, 0.1) is 7.11 Å². The third kappa shape index (κ3) is 2.45. The fourth-order valence-electron chi connectivity index (χ4n) is 6.48. The first-order valence-corrected chi connectivity index (χ1v) is 9.15. The van der Waals surface area contributed by atoms with Gasteiger partial charge in [0.1, 0.15) is 17.5 Å². The molecule has 5 aliphatic carbocycles. The SMILES string of the molecule is COC(=O)C1CC(C(=O)C23CC4CC(CC(C4)C2)C3)CCC1=O. The van der Waals surface area contributed by atoms with E-state index in [9.17, 15) is 14.4 Å². The maximum absolute atomic E-state index is 13.4. The van der Waals surface area contributed by atoms with Gasteiger partial charge in [-0.3, -0.25) is 14.4 Å². The highest BCUT2D eigenvalue weighted by Crippen LogP contribution is 2.61. The monoisotopic (exact) mass is 318 g/mol. The first kappa shape index (κ1) is 15.3. The van der Waals surface area contributed by atoms with Crippen LogP contribution in [0.3, 0.4) is 0 Å². The summed E-state index contributed by atoms with van der Waals surface area (Å²) in [5.41, 5.74) is -0.125. The lowest BCUT2D eigenvalue weighted by Crippen LogP contribution is -2.52. The number of carbonyl (C=O) groups is 3. The molecule has 23 heavy (non-hydrogen) atoms. The molecule has 0 amide bonds. The predicted molar refractivity (Wildman–Crippen MR) is 83.5 cm³/mol. The molecule has 0 aromatic carbocycles. The molecule has 0 radical (unpaired) electrons. The Labute approximate surface area is 137 Å². The smallest absolute Gasteiger partial charge is 0.316 e. The van der Waals surface area contributed by atoms with Crippen molar-refractivity contribution >= 4 is 17.5 Å². The number of hydrogen-bond acceptors (Lipinski definition) is 4. The van der Waals surface area contributed by atoms with Gasteiger partial charge in [0, 0.05) is 17.8 Å². The van der Waals surface area contributed by atoms with Crippen molar-refractivity contribution in [1.29, 1.82) is 0 Å². The van der Waals surface area contributed by atoms with Crippen molar-refractivity contribution in [3.63, 3.8) is 0 Å². The number of rotatable bonds is 3. The van der Waals surface area contributed by atoms with Crippen LogP contribution in [0.15, 0.2) is 0 Å². The van der Waals surface area contributed by atoms with Crippen molar-refractivity contribution in [3.8, 4) is 0 Å². The second-order valence-corrected chi connectivity index (χ2v) is 8.58. The van der Waals surface area contributed by atoms with Crippen molar-refractivity contribution in [2.45, 2.75) is 57.8 Å². The Morgan fingerprint density at radius 3 is 2.09 bits per heavy atom. The lowest BCUT2D eigenvalue weighted by molar-refractivity contribution is -0.156. The highest BCUT2D eigenvalue weighted by molar-refractivity contribution is 6.01. The standard InChI is InChI=1S/C19H26O4/c1-23-18(22)15-7-14(2-3-16(15)20)17(21)19-8-11-4-12(9-19)6-13(5-11)10-19/h11-15H,2-10H2,1H3. The van der Waals surface area contributed by atoms with Crippen molar-refractivity contribution in [2.75, 3.05) is 7.11 Å². The van der Waals surface area contributed by atoms with Gasteiger partial charge in [0.2, 0.25) is 0 Å². The Kier molecular flexibility index (Phi) is 3.62. The molecule has 0 aliphatic heterocycles. The minimum Gasteiger partial charge on any atom is -0.468 e. The quantitative estimate of drug-likeness (QED) is 0.593. The Bertz CT molecular complexity index is 506. The van der Waals surface area contributed by atoms with E-state index in [1.54, 1.807) is 0 Å². The largest absolute Gasteiger partial charge is 0.468 e. The Balaban J connectivity index is 1.53. The summed E-state index contributed by atoms with van der Waals surface area (Å²) in [6, 6.07) is 0. The molecule has 0 saturated heterocycles. The molecular formula is C19H26O4. The Morgan fingerprint density at radius 1 is 1.00 bits per heavy atom. The van der Waals surface area contributed by atoms with Crippen LogP contribution in [0.4, 0.5) is 0 Å². The van der Waals surface area contributed by atoms with E-state index in [4.69, 9.17) is 4.74 Å². The molecule has 0 heterocycles. The highest BCUT2D eigenvalue weighted by Gasteiger charge is 2.56. The molecule has 2 unspecified atom stereocenters. The number of ether oxygens (including phenoxy) is 1. The Morgan fingerprint density at radius 2 is 1.57 bits per heavy atom. The fraction of sp³-hybridized carbons (Fsp3) is 0.842. The summed E-state index contributed by atoms with van der Waals surface area (Å²) in [6.45, 7) is 0. The number of methoxy groups -OCH3 is 1. The van der Waals surface area contributed by atoms with Gasteiger partial charge in [0.15, 0.2) is 0 Å². The predicted octanol–water partition coefficient (Wildman–Crippen LogP) is 2.93. The van der Waals surface area contributed by atoms with E-state index in [0.717, 1.165) is 37.0 Å². The molecule has 0 N–H and O–H groups in total. The van der Waals surface area contributed by atoms with Crippen molar-refractivity contribution < 1.29 is 19.1 Å². The molecule has 0 aromatic rings. The molecule has 5 aliphatic rings. The molecule has 5 fully saturated rings. The molecule has 5 saturated carbocycles. The summed E-state index contributed by atoms with van der Waals surface area (Å²) < 4.78 is 4.77. The van der Waals surface area contributed by atoms with Gasteiger partial charge in [-0.2, -0.15) is 0 Å². The van der Waals surface area contributed by atoms with E-state index < -0.39 is 11.9 Å². The van der Waals surface area contributed by atoms with Crippen LogP contribution >= 0.6 is 0 Å². The van der Waals surface area contributed by atoms with Gasteiger partial charge in [-0.15, -0.1) is 0 Å². The zero-order valence-electron chi connectivity index (χ0n) is 13.9. The Hall–Kier alpha value is -1.19. The lowest BCUT2D eigenvalue weighted by atomic mass is 9.47. The maximum atomic E-state index is 13.4. The van der Waals surface area contributed by atoms with Crippen molar-refractivity contribution in [1.82, 2.24) is 0 Å². The van der Waals surface area contributed by atoms with Crippen LogP contribution in [0, 0.1) is 35.0 Å². The van der Waals surface area contributed by atoms with E-state index in [1.807, 2.05) is 0 Å². The van der Waals surface area contributed by atoms with Crippen LogP contribution in [0.2, 0.25) is 0 Å². The molecule has 4 nitrogen and oxygen atoms in total. The van der Waals surface area contributed by atoms with E-state index in [2.05, 4.69) is 0 Å². The summed E-state index contributed by atoms with van der Waals surface area (Å²) in [4.78, 5) is 37.2. The molecule has 0 aromatic heterocycles. The second-order valence-electron chi connectivity index (χ2n) is 8.58. The van der Waals surface area contributed by atoms with Crippen molar-refractivity contribution in [3.05, 3.63) is 0 Å². The van der Waals surface area contributed by atoms with Gasteiger partial charge >= 0.3 is 5.97 Å². The number of Topliss-reactive ketones (excluding diaryl/α,β-unsaturated/α-hetero) is 2. The molecule has 4 bridgehead atoms. The third-order valence-corrected chi connectivity index (χ3v) is 7.07. The number of carbonyl (C=O) groups excluding carboxylic acids is 3. The van der Waals surface area contributed by atoms with E-state index >= 15 is 0 Å². The van der Waals surface area contributed by atoms with Crippen LogP contribution in [0.5, 0.6) is 0 Å². The minimum atomic E-state index is -0.711. The molecule has 126 valence electrons. The summed E-state index contributed by atoms with van der Waals surface area (Å²) in [7, 11) is 1.32. The molecule has 5 rings (SSSR count). The van der Waals surface area contributed by atoms with Crippen LogP contribution in [0.25, 0.3) is 0 Å². The number of esters is 1. The summed E-state index contributed by atoms with van der Waals surface area (Å²) in [5.74, 6) is 1.26. The maximum Gasteiger partial charge on any atom is 0.316 e. The summed E-state index contributed by atoms with van der Waals surface area (Å²) in [6.07, 6.45) is 8.50. The van der Waals surface area contributed by atoms with Crippen LogP contribution < -0.4 is 0 Å². The van der Waals surface area contributed by atoms with Gasteiger partial charge in [-0.05, 0) is 69.1 Å². The third-order valence-electron chi connectivity index (χ3n) is 7.07. The molecule has 4 heteroatoms. The van der Waals surface area contributed by atoms with Gasteiger partial charge in [-0.25, -0.2) is 0 Å². The average molecular weight is 318 g/mol. The van der Waals surface area contributed by atoms with Crippen LogP contribution in [-0.4, -0.2) is 24.6 Å². The highest BCUT2D eigenvalue weighted by atomic mass is 16.5. The lowest BCUT2D eigenvalue weighted by Gasteiger charge is -2.56. The summed E-state index contributed by atoms with van der Waals surface area (Å²) in [5, 5.41) is 0. The molecule has 2 atom stereocenters. The molecular weight excluding hydrogens is 292 g/mol. The van der Waals surface area contributed by atoms with Gasteiger partial charge in [0.25, 0.3) is 0 Å². The molecule has 0 spiro atoms. The fourth-order valence-corrected chi connectivity index (χ4v) is 6.48. The zero-order valence-corrected chi connectivity index (χ0v) is 13.9. The second kappa shape index (κ2) is 5.42. The van der Waals surface area contributed by atoms with E-state index in [-0.39, 0.29) is 17.1 Å². The first-order chi connectivity index (χ1) is 11.0. The first-order valence-electron chi connectivity index (χ1n) is 9.15. The zero-order chi connectivity index (χ0) is 16.2. The number of hydrogen-bond donors (Lipinski definition) is 0. The van der Waals surface area contributed by atoms with E-state index in [1.165, 1.54) is 26.4 Å². The number of ketones is 2. The normalized spacial score (nSPS) is 45.1. The van der Waals surface area contributed by atoms with Gasteiger partial charge in [-0.1, -0.05) is 0 Å². The van der Waals surface area contributed by atoms with Crippen LogP contribution in [-0.2, 0) is 19.1 Å². The van der Waals surface area contributed by atoms with Gasteiger partial charge < -0.3 is 4.74 Å². The average Bonchev–Trinajstić information content (AvgIpc) is 2.52. The van der Waals surface area contributed by atoms with Crippen LogP contribution in [0.1, 0.15) is 57.8 Å².